The summed E-state index contributed by atoms with van der Waals surface area (Å²) in [4.78, 5) is 5.47. The Balaban J connectivity index is 2.05. The van der Waals surface area contributed by atoms with Gasteiger partial charge in [0.15, 0.2) is 5.82 Å². The van der Waals surface area contributed by atoms with Gasteiger partial charge in [-0.25, -0.2) is 9.37 Å². The van der Waals surface area contributed by atoms with E-state index in [0.29, 0.717) is 6.54 Å². The molecule has 0 amide bonds. The lowest BCUT2D eigenvalue weighted by atomic mass is 10.1. The van der Waals surface area contributed by atoms with Crippen LogP contribution in [-0.4, -0.2) is 16.1 Å². The highest BCUT2D eigenvalue weighted by Crippen LogP contribution is 2.28. The van der Waals surface area contributed by atoms with Crippen LogP contribution in [0, 0.1) is 5.82 Å². The number of nitrogens with zero attached hydrogens (tertiary/aromatic N) is 2. The summed E-state index contributed by atoms with van der Waals surface area (Å²) >= 11 is 1.62. The highest BCUT2D eigenvalue weighted by molar-refractivity contribution is 7.13. The molecule has 0 spiro atoms. The van der Waals surface area contributed by atoms with E-state index >= 15 is 0 Å². The molecule has 0 bridgehead atoms. The molecule has 0 aliphatic carbocycles. The third-order valence-electron chi connectivity index (χ3n) is 3.20. The van der Waals surface area contributed by atoms with Crippen LogP contribution >= 0.6 is 11.3 Å². The molecule has 0 aliphatic heterocycles. The largest absolute Gasteiger partial charge is 0.328 e. The monoisotopic (exact) mass is 287 g/mol. The van der Waals surface area contributed by atoms with E-state index in [4.69, 9.17) is 5.73 Å². The molecule has 3 aromatic rings. The van der Waals surface area contributed by atoms with Crippen molar-refractivity contribution in [2.24, 2.45) is 5.73 Å². The molecule has 1 atom stereocenters. The predicted molar refractivity (Wildman–Crippen MR) is 79.1 cm³/mol. The molecule has 3 nitrogen and oxygen atoms in total. The zero-order valence-electron chi connectivity index (χ0n) is 10.7. The van der Waals surface area contributed by atoms with Crippen molar-refractivity contribution in [1.82, 2.24) is 9.55 Å². The molecule has 2 N–H and O–H groups in total. The topological polar surface area (TPSA) is 43.8 Å². The molecule has 5 heteroatoms. The molecule has 0 radical (unpaired) electrons. The van der Waals surface area contributed by atoms with Crippen molar-refractivity contribution in [3.05, 3.63) is 65.6 Å². The molecule has 3 rings (SSSR count). The van der Waals surface area contributed by atoms with Crippen molar-refractivity contribution in [3.8, 4) is 10.7 Å². The zero-order chi connectivity index (χ0) is 13.9. The minimum atomic E-state index is -0.251. The van der Waals surface area contributed by atoms with Crippen molar-refractivity contribution in [2.75, 3.05) is 6.54 Å². The smallest absolute Gasteiger partial charge is 0.150 e. The highest BCUT2D eigenvalue weighted by Gasteiger charge is 2.17. The SMILES string of the molecule is NCC(c1cccc(F)c1)n1ccnc1-c1cccs1. The summed E-state index contributed by atoms with van der Waals surface area (Å²) in [5, 5.41) is 2.01. The summed E-state index contributed by atoms with van der Waals surface area (Å²) in [5.41, 5.74) is 6.75. The van der Waals surface area contributed by atoms with Gasteiger partial charge in [-0.05, 0) is 29.1 Å². The molecule has 20 heavy (non-hydrogen) atoms. The Morgan fingerprint density at radius 1 is 1.30 bits per heavy atom. The van der Waals surface area contributed by atoms with E-state index in [9.17, 15) is 4.39 Å². The van der Waals surface area contributed by atoms with E-state index < -0.39 is 0 Å². The number of hydrogen-bond donors (Lipinski definition) is 1. The first-order valence-corrected chi connectivity index (χ1v) is 7.20. The van der Waals surface area contributed by atoms with Gasteiger partial charge in [-0.1, -0.05) is 18.2 Å². The number of nitrogens with two attached hydrogens (primary N) is 1. The maximum Gasteiger partial charge on any atom is 0.150 e. The lowest BCUT2D eigenvalue weighted by Gasteiger charge is -2.19. The Bertz CT molecular complexity index is 691. The Morgan fingerprint density at radius 2 is 2.20 bits per heavy atom. The van der Waals surface area contributed by atoms with Crippen molar-refractivity contribution in [3.63, 3.8) is 0 Å². The first-order valence-electron chi connectivity index (χ1n) is 6.32. The molecule has 0 fully saturated rings. The summed E-state index contributed by atoms with van der Waals surface area (Å²) in [6.45, 7) is 0.387. The van der Waals surface area contributed by atoms with Gasteiger partial charge in [0.05, 0.1) is 10.9 Å². The second-order valence-corrected chi connectivity index (χ2v) is 5.39. The summed E-state index contributed by atoms with van der Waals surface area (Å²) in [6, 6.07) is 10.4. The zero-order valence-corrected chi connectivity index (χ0v) is 11.6. The third-order valence-corrected chi connectivity index (χ3v) is 4.07. The minimum absolute atomic E-state index is 0.120. The lowest BCUT2D eigenvalue weighted by molar-refractivity contribution is 0.584. The number of imidazole rings is 1. The second kappa shape index (κ2) is 5.56. The standard InChI is InChI=1S/C15H14FN3S/c16-12-4-1-3-11(9-12)13(10-17)19-7-6-18-15(19)14-5-2-8-20-14/h1-9,13H,10,17H2. The van der Waals surface area contributed by atoms with Gasteiger partial charge < -0.3 is 10.3 Å². The van der Waals surface area contributed by atoms with Crippen LogP contribution in [0.2, 0.25) is 0 Å². The van der Waals surface area contributed by atoms with E-state index in [0.717, 1.165) is 16.3 Å². The fourth-order valence-electron chi connectivity index (χ4n) is 2.29. The first-order chi connectivity index (χ1) is 9.79. The fraction of sp³-hybridized carbons (Fsp3) is 0.133. The van der Waals surface area contributed by atoms with E-state index in [2.05, 4.69) is 4.98 Å². The van der Waals surface area contributed by atoms with Crippen molar-refractivity contribution >= 4 is 11.3 Å². The Hall–Kier alpha value is -1.98. The predicted octanol–water partition coefficient (Wildman–Crippen LogP) is 3.30. The van der Waals surface area contributed by atoms with Gasteiger partial charge in [-0.15, -0.1) is 11.3 Å². The molecule has 0 aliphatic rings. The van der Waals surface area contributed by atoms with Gasteiger partial charge in [-0.2, -0.15) is 0 Å². The molecule has 102 valence electrons. The van der Waals surface area contributed by atoms with Gasteiger partial charge in [0, 0.05) is 18.9 Å². The van der Waals surface area contributed by atoms with Gasteiger partial charge in [0.2, 0.25) is 0 Å². The van der Waals surface area contributed by atoms with Gasteiger partial charge in [0.1, 0.15) is 5.82 Å². The maximum atomic E-state index is 13.4. The van der Waals surface area contributed by atoms with Crippen LogP contribution in [0.5, 0.6) is 0 Å². The average Bonchev–Trinajstić information content (AvgIpc) is 3.10. The highest BCUT2D eigenvalue weighted by atomic mass is 32.1. The second-order valence-electron chi connectivity index (χ2n) is 4.44. The molecule has 0 saturated heterocycles. The van der Waals surface area contributed by atoms with Crippen LogP contribution in [0.3, 0.4) is 0 Å². The lowest BCUT2D eigenvalue weighted by Crippen LogP contribution is -2.20. The Morgan fingerprint density at radius 3 is 2.90 bits per heavy atom. The minimum Gasteiger partial charge on any atom is -0.328 e. The van der Waals surface area contributed by atoms with Crippen LogP contribution in [0.25, 0.3) is 10.7 Å². The molecular weight excluding hydrogens is 273 g/mol. The molecule has 1 unspecified atom stereocenters. The summed E-state index contributed by atoms with van der Waals surface area (Å²) in [7, 11) is 0. The fourth-order valence-corrected chi connectivity index (χ4v) is 3.01. The Kier molecular flexibility index (Phi) is 3.62. The normalized spacial score (nSPS) is 12.5. The number of halogens is 1. The maximum absolute atomic E-state index is 13.4. The third kappa shape index (κ3) is 2.37. The molecular formula is C15H14FN3S. The molecule has 2 heterocycles. The van der Waals surface area contributed by atoms with Crippen LogP contribution in [-0.2, 0) is 0 Å². The molecule has 1 aromatic carbocycles. The van der Waals surface area contributed by atoms with Crippen LogP contribution in [0.4, 0.5) is 4.39 Å². The Labute approximate surface area is 120 Å². The summed E-state index contributed by atoms with van der Waals surface area (Å²) < 4.78 is 15.4. The number of rotatable bonds is 4. The number of benzene rings is 1. The van der Waals surface area contributed by atoms with Gasteiger partial charge >= 0.3 is 0 Å². The van der Waals surface area contributed by atoms with Crippen LogP contribution in [0.15, 0.2) is 54.2 Å². The average molecular weight is 287 g/mol. The quantitative estimate of drug-likeness (QED) is 0.800. The molecule has 0 saturated carbocycles. The van der Waals surface area contributed by atoms with Crippen LogP contribution < -0.4 is 5.73 Å². The van der Waals surface area contributed by atoms with E-state index in [1.54, 1.807) is 23.6 Å². The molecule has 2 aromatic heterocycles. The first kappa shape index (κ1) is 13.0. The number of thiophene rings is 1. The number of hydrogen-bond acceptors (Lipinski definition) is 3. The van der Waals surface area contributed by atoms with Crippen molar-refractivity contribution in [2.45, 2.75) is 6.04 Å². The van der Waals surface area contributed by atoms with E-state index in [1.807, 2.05) is 34.3 Å². The van der Waals surface area contributed by atoms with Crippen LogP contribution in [0.1, 0.15) is 11.6 Å². The van der Waals surface area contributed by atoms with Gasteiger partial charge in [0.25, 0.3) is 0 Å². The van der Waals surface area contributed by atoms with E-state index in [1.165, 1.54) is 12.1 Å². The van der Waals surface area contributed by atoms with Crippen molar-refractivity contribution in [1.29, 1.82) is 0 Å². The summed E-state index contributed by atoms with van der Waals surface area (Å²) in [6.07, 6.45) is 3.63. The number of aromatic nitrogens is 2. The summed E-state index contributed by atoms with van der Waals surface area (Å²) in [5.74, 6) is 0.610. The van der Waals surface area contributed by atoms with Crippen molar-refractivity contribution < 1.29 is 4.39 Å². The van der Waals surface area contributed by atoms with Gasteiger partial charge in [-0.3, -0.25) is 0 Å². The van der Waals surface area contributed by atoms with E-state index in [-0.39, 0.29) is 11.9 Å².